The first kappa shape index (κ1) is 14.1. The molecule has 17 heavy (non-hydrogen) atoms. The van der Waals surface area contributed by atoms with Crippen LogP contribution >= 0.6 is 11.3 Å². The second kappa shape index (κ2) is 6.71. The number of aromatic nitrogens is 1. The maximum Gasteiger partial charge on any atom is 0.347 e. The van der Waals surface area contributed by atoms with Gasteiger partial charge < -0.3 is 10.0 Å². The maximum absolute atomic E-state index is 11.0. The first-order valence-electron chi connectivity index (χ1n) is 6.06. The number of carboxylic acids is 1. The van der Waals surface area contributed by atoms with Crippen LogP contribution in [0.1, 0.15) is 41.1 Å². The Bertz CT molecular complexity index is 373. The highest BCUT2D eigenvalue weighted by atomic mass is 32.1. The van der Waals surface area contributed by atoms with Crippen LogP contribution in [0.15, 0.2) is 0 Å². The van der Waals surface area contributed by atoms with Crippen molar-refractivity contribution in [3.8, 4) is 0 Å². The third kappa shape index (κ3) is 3.78. The van der Waals surface area contributed by atoms with E-state index in [9.17, 15) is 4.79 Å². The van der Waals surface area contributed by atoms with Gasteiger partial charge in [-0.25, -0.2) is 9.78 Å². The third-order valence-electron chi connectivity index (χ3n) is 2.81. The molecule has 1 rings (SSSR count). The fourth-order valence-electron chi connectivity index (χ4n) is 1.71. The van der Waals surface area contributed by atoms with Crippen LogP contribution < -0.4 is 0 Å². The molecular formula is C12H20N2O2S. The number of hydrogen-bond donors (Lipinski definition) is 1. The summed E-state index contributed by atoms with van der Waals surface area (Å²) < 4.78 is 0. The van der Waals surface area contributed by atoms with Gasteiger partial charge in [0.2, 0.25) is 0 Å². The molecule has 1 aromatic heterocycles. The molecule has 0 fully saturated rings. The summed E-state index contributed by atoms with van der Waals surface area (Å²) in [5.41, 5.74) is 0.719. The van der Waals surface area contributed by atoms with E-state index in [0.29, 0.717) is 11.3 Å². The zero-order valence-corrected chi connectivity index (χ0v) is 11.5. The van der Waals surface area contributed by atoms with Crippen LogP contribution in [0.3, 0.4) is 0 Å². The zero-order chi connectivity index (χ0) is 12.8. The van der Waals surface area contributed by atoms with Crippen molar-refractivity contribution >= 4 is 17.3 Å². The number of aromatic carboxylic acids is 1. The van der Waals surface area contributed by atoms with Crippen LogP contribution in [0.5, 0.6) is 0 Å². The highest BCUT2D eigenvalue weighted by Gasteiger charge is 2.15. The molecule has 0 aliphatic carbocycles. The lowest BCUT2D eigenvalue weighted by molar-refractivity contribution is 0.0701. The molecule has 1 N–H and O–H groups in total. The van der Waals surface area contributed by atoms with E-state index < -0.39 is 5.97 Å². The molecule has 0 amide bonds. The van der Waals surface area contributed by atoms with Crippen LogP contribution in [-0.2, 0) is 12.8 Å². The molecule has 0 unspecified atom stereocenters. The Morgan fingerprint density at radius 2 is 2.00 bits per heavy atom. The molecule has 4 nitrogen and oxygen atoms in total. The van der Waals surface area contributed by atoms with Crippen molar-refractivity contribution in [3.05, 3.63) is 15.6 Å². The SMILES string of the molecule is CCc1nc(CCN(CC)CC)sc1C(=O)O. The number of carboxylic acid groups (broad SMARTS) is 1. The van der Waals surface area contributed by atoms with Gasteiger partial charge in [-0.3, -0.25) is 0 Å². The average molecular weight is 256 g/mol. The fraction of sp³-hybridized carbons (Fsp3) is 0.667. The van der Waals surface area contributed by atoms with Gasteiger partial charge in [-0.15, -0.1) is 11.3 Å². The monoisotopic (exact) mass is 256 g/mol. The summed E-state index contributed by atoms with van der Waals surface area (Å²) in [5.74, 6) is -0.853. The Labute approximate surface area is 106 Å². The predicted octanol–water partition coefficient (Wildman–Crippen LogP) is 2.29. The largest absolute Gasteiger partial charge is 0.477 e. The van der Waals surface area contributed by atoms with E-state index in [1.54, 1.807) is 0 Å². The van der Waals surface area contributed by atoms with Crippen molar-refractivity contribution in [3.63, 3.8) is 0 Å². The third-order valence-corrected chi connectivity index (χ3v) is 3.95. The Hall–Kier alpha value is -0.940. The first-order chi connectivity index (χ1) is 8.12. The average Bonchev–Trinajstić information content (AvgIpc) is 2.74. The lowest BCUT2D eigenvalue weighted by Gasteiger charge is -2.16. The van der Waals surface area contributed by atoms with E-state index in [0.717, 1.165) is 36.8 Å². The number of carbonyl (C=O) groups is 1. The lowest BCUT2D eigenvalue weighted by Crippen LogP contribution is -2.25. The van der Waals surface area contributed by atoms with Gasteiger partial charge in [0.25, 0.3) is 0 Å². The second-order valence-electron chi connectivity index (χ2n) is 3.82. The summed E-state index contributed by atoms with van der Waals surface area (Å²) in [5, 5.41) is 9.98. The Morgan fingerprint density at radius 1 is 1.35 bits per heavy atom. The van der Waals surface area contributed by atoms with Crippen molar-refractivity contribution in [1.29, 1.82) is 0 Å². The maximum atomic E-state index is 11.0. The van der Waals surface area contributed by atoms with Crippen LogP contribution in [0.25, 0.3) is 0 Å². The van der Waals surface area contributed by atoms with Crippen molar-refractivity contribution in [2.75, 3.05) is 19.6 Å². The molecular weight excluding hydrogens is 236 g/mol. The van der Waals surface area contributed by atoms with Gasteiger partial charge in [0, 0.05) is 13.0 Å². The van der Waals surface area contributed by atoms with Gasteiger partial charge in [0.1, 0.15) is 4.88 Å². The lowest BCUT2D eigenvalue weighted by atomic mass is 10.3. The quantitative estimate of drug-likeness (QED) is 0.813. The number of hydrogen-bond acceptors (Lipinski definition) is 4. The van der Waals surface area contributed by atoms with Gasteiger partial charge in [0.15, 0.2) is 0 Å². The Morgan fingerprint density at radius 3 is 2.41 bits per heavy atom. The van der Waals surface area contributed by atoms with Gasteiger partial charge in [-0.05, 0) is 19.5 Å². The smallest absolute Gasteiger partial charge is 0.347 e. The second-order valence-corrected chi connectivity index (χ2v) is 4.90. The van der Waals surface area contributed by atoms with Crippen LogP contribution in [0, 0.1) is 0 Å². The molecule has 5 heteroatoms. The normalized spacial score (nSPS) is 11.1. The molecule has 1 aromatic rings. The van der Waals surface area contributed by atoms with Crippen LogP contribution in [0.2, 0.25) is 0 Å². The van der Waals surface area contributed by atoms with Crippen molar-refractivity contribution in [1.82, 2.24) is 9.88 Å². The molecule has 0 atom stereocenters. The molecule has 0 aromatic carbocycles. The topological polar surface area (TPSA) is 53.4 Å². The summed E-state index contributed by atoms with van der Waals surface area (Å²) in [7, 11) is 0. The Kier molecular flexibility index (Phi) is 5.58. The van der Waals surface area contributed by atoms with E-state index in [2.05, 4.69) is 23.7 Å². The molecule has 0 spiro atoms. The molecule has 96 valence electrons. The highest BCUT2D eigenvalue weighted by molar-refractivity contribution is 7.13. The minimum absolute atomic E-state index is 0.405. The molecule has 0 aliphatic rings. The predicted molar refractivity (Wildman–Crippen MR) is 69.9 cm³/mol. The molecule has 0 radical (unpaired) electrons. The number of nitrogens with zero attached hydrogens (tertiary/aromatic N) is 2. The van der Waals surface area contributed by atoms with E-state index in [1.807, 2.05) is 6.92 Å². The number of aryl methyl sites for hydroxylation is 1. The minimum atomic E-state index is -0.853. The van der Waals surface area contributed by atoms with E-state index in [-0.39, 0.29) is 0 Å². The first-order valence-corrected chi connectivity index (χ1v) is 6.88. The molecule has 0 saturated heterocycles. The number of thiazole rings is 1. The van der Waals surface area contributed by atoms with Crippen molar-refractivity contribution in [2.24, 2.45) is 0 Å². The highest BCUT2D eigenvalue weighted by Crippen LogP contribution is 2.19. The minimum Gasteiger partial charge on any atom is -0.477 e. The van der Waals surface area contributed by atoms with Crippen LogP contribution in [-0.4, -0.2) is 40.6 Å². The summed E-state index contributed by atoms with van der Waals surface area (Å²) in [6.07, 6.45) is 1.52. The van der Waals surface area contributed by atoms with Gasteiger partial charge >= 0.3 is 5.97 Å². The van der Waals surface area contributed by atoms with Gasteiger partial charge in [-0.2, -0.15) is 0 Å². The molecule has 0 bridgehead atoms. The number of rotatable bonds is 7. The van der Waals surface area contributed by atoms with Crippen molar-refractivity contribution < 1.29 is 9.90 Å². The summed E-state index contributed by atoms with van der Waals surface area (Å²) in [6.45, 7) is 9.19. The Balaban J connectivity index is 2.69. The molecule has 0 aliphatic heterocycles. The number of likely N-dealkylation sites (N-methyl/N-ethyl adjacent to an activating group) is 1. The standard InChI is InChI=1S/C12H20N2O2S/c1-4-9-11(12(15)16)17-10(13-9)7-8-14(5-2)6-3/h4-8H2,1-3H3,(H,15,16). The summed E-state index contributed by atoms with van der Waals surface area (Å²) >= 11 is 1.32. The van der Waals surface area contributed by atoms with Gasteiger partial charge in [0.05, 0.1) is 10.7 Å². The molecule has 0 saturated carbocycles. The zero-order valence-electron chi connectivity index (χ0n) is 10.7. The summed E-state index contributed by atoms with van der Waals surface area (Å²) in [6, 6.07) is 0. The van der Waals surface area contributed by atoms with E-state index in [1.165, 1.54) is 11.3 Å². The van der Waals surface area contributed by atoms with E-state index >= 15 is 0 Å². The fourth-order valence-corrected chi connectivity index (χ4v) is 2.69. The van der Waals surface area contributed by atoms with Crippen LogP contribution in [0.4, 0.5) is 0 Å². The molecule has 1 heterocycles. The van der Waals surface area contributed by atoms with Crippen molar-refractivity contribution in [2.45, 2.75) is 33.6 Å². The summed E-state index contributed by atoms with van der Waals surface area (Å²) in [4.78, 5) is 18.1. The van der Waals surface area contributed by atoms with E-state index in [4.69, 9.17) is 5.11 Å². The van der Waals surface area contributed by atoms with Gasteiger partial charge in [-0.1, -0.05) is 20.8 Å².